The van der Waals surface area contributed by atoms with Gasteiger partial charge in [-0.25, -0.2) is 4.98 Å². The molecule has 3 heterocycles. The Labute approximate surface area is 181 Å². The molecular formula is C24H25N7. The van der Waals surface area contributed by atoms with Crippen molar-refractivity contribution in [3.8, 4) is 22.4 Å². The van der Waals surface area contributed by atoms with Gasteiger partial charge in [0.1, 0.15) is 11.6 Å². The average Bonchev–Trinajstić information content (AvgIpc) is 3.24. The number of hydrogen-bond donors (Lipinski definition) is 3. The van der Waals surface area contributed by atoms with Crippen LogP contribution in [0.15, 0.2) is 66.7 Å². The smallest absolute Gasteiger partial charge is 0.246 e. The van der Waals surface area contributed by atoms with Crippen LogP contribution < -0.4 is 15.5 Å². The number of pyridine rings is 1. The van der Waals surface area contributed by atoms with Crippen LogP contribution in [0.3, 0.4) is 0 Å². The van der Waals surface area contributed by atoms with Crippen molar-refractivity contribution in [1.82, 2.24) is 25.5 Å². The van der Waals surface area contributed by atoms with Crippen molar-refractivity contribution in [2.45, 2.75) is 6.92 Å². The molecule has 3 N–H and O–H groups in total. The molecule has 4 aromatic rings. The van der Waals surface area contributed by atoms with Gasteiger partial charge in [0, 0.05) is 43.5 Å². The van der Waals surface area contributed by atoms with Gasteiger partial charge >= 0.3 is 0 Å². The number of rotatable bonds is 5. The Bertz CT molecular complexity index is 1150. The number of benzene rings is 2. The number of piperazine rings is 1. The average molecular weight is 412 g/mol. The maximum absolute atomic E-state index is 4.99. The lowest BCUT2D eigenvalue weighted by molar-refractivity contribution is 0.585. The summed E-state index contributed by atoms with van der Waals surface area (Å²) in [6, 6.07) is 23.1. The standard InChI is InChI=1S/C24H25N7/c1-17-26-24(30-29-17)27-21-15-22(28-23(16-21)31-13-11-25-12-14-31)20-9-7-19(8-10-20)18-5-3-2-4-6-18/h2-10,15-16,25H,11-14H2,1H3,(H2,26,27,28,29,30). The van der Waals surface area contributed by atoms with Gasteiger partial charge < -0.3 is 15.5 Å². The summed E-state index contributed by atoms with van der Waals surface area (Å²) in [6.07, 6.45) is 0. The highest BCUT2D eigenvalue weighted by atomic mass is 15.3. The lowest BCUT2D eigenvalue weighted by atomic mass is 10.0. The molecule has 1 aliphatic rings. The van der Waals surface area contributed by atoms with Gasteiger partial charge in [0.25, 0.3) is 0 Å². The molecule has 156 valence electrons. The molecule has 0 radical (unpaired) electrons. The zero-order valence-corrected chi connectivity index (χ0v) is 17.5. The zero-order valence-electron chi connectivity index (χ0n) is 17.5. The van der Waals surface area contributed by atoms with E-state index in [1.54, 1.807) is 0 Å². The Kier molecular flexibility index (Phi) is 5.33. The van der Waals surface area contributed by atoms with Crippen LogP contribution >= 0.6 is 0 Å². The first kappa shape index (κ1) is 19.3. The van der Waals surface area contributed by atoms with E-state index in [9.17, 15) is 0 Å². The summed E-state index contributed by atoms with van der Waals surface area (Å²) >= 11 is 0. The maximum atomic E-state index is 4.99. The maximum Gasteiger partial charge on any atom is 0.246 e. The van der Waals surface area contributed by atoms with Gasteiger partial charge in [-0.15, -0.1) is 5.10 Å². The summed E-state index contributed by atoms with van der Waals surface area (Å²) in [5.74, 6) is 2.29. The van der Waals surface area contributed by atoms with E-state index in [0.29, 0.717) is 5.95 Å². The van der Waals surface area contributed by atoms with Crippen LogP contribution in [0.4, 0.5) is 17.5 Å². The van der Waals surface area contributed by atoms with E-state index < -0.39 is 0 Å². The second-order valence-corrected chi connectivity index (χ2v) is 7.65. The number of anilines is 3. The van der Waals surface area contributed by atoms with Crippen LogP contribution in [0.25, 0.3) is 22.4 Å². The minimum Gasteiger partial charge on any atom is -0.354 e. The van der Waals surface area contributed by atoms with Gasteiger partial charge in [0.15, 0.2) is 0 Å². The van der Waals surface area contributed by atoms with E-state index in [0.717, 1.165) is 54.8 Å². The fourth-order valence-corrected chi connectivity index (χ4v) is 3.78. The number of aryl methyl sites for hydroxylation is 1. The summed E-state index contributed by atoms with van der Waals surface area (Å²) < 4.78 is 0. The second kappa shape index (κ2) is 8.57. The normalized spacial score (nSPS) is 13.9. The number of hydrogen-bond acceptors (Lipinski definition) is 6. The van der Waals surface area contributed by atoms with E-state index in [1.807, 2.05) is 13.0 Å². The molecule has 0 unspecified atom stereocenters. The first-order valence-electron chi connectivity index (χ1n) is 10.5. The monoisotopic (exact) mass is 411 g/mol. The van der Waals surface area contributed by atoms with Crippen molar-refractivity contribution in [2.75, 3.05) is 36.4 Å². The molecule has 7 heteroatoms. The fourth-order valence-electron chi connectivity index (χ4n) is 3.78. The summed E-state index contributed by atoms with van der Waals surface area (Å²) in [4.78, 5) is 11.7. The molecule has 0 amide bonds. The Balaban J connectivity index is 1.49. The molecule has 1 saturated heterocycles. The zero-order chi connectivity index (χ0) is 21.0. The summed E-state index contributed by atoms with van der Waals surface area (Å²) in [5.41, 5.74) is 5.32. The van der Waals surface area contributed by atoms with Crippen molar-refractivity contribution < 1.29 is 0 Å². The predicted octanol–water partition coefficient (Wildman–Crippen LogP) is 4.00. The highest BCUT2D eigenvalue weighted by Crippen LogP contribution is 2.29. The molecule has 7 nitrogen and oxygen atoms in total. The van der Waals surface area contributed by atoms with Crippen LogP contribution in [0.1, 0.15) is 5.82 Å². The molecule has 31 heavy (non-hydrogen) atoms. The molecule has 0 bridgehead atoms. The number of nitrogens with zero attached hydrogens (tertiary/aromatic N) is 4. The molecule has 1 fully saturated rings. The molecule has 0 aliphatic carbocycles. The highest BCUT2D eigenvalue weighted by Gasteiger charge is 2.15. The van der Waals surface area contributed by atoms with Crippen LogP contribution in [0.2, 0.25) is 0 Å². The lowest BCUT2D eigenvalue weighted by Gasteiger charge is -2.29. The molecular weight excluding hydrogens is 386 g/mol. The predicted molar refractivity (Wildman–Crippen MR) is 125 cm³/mol. The largest absolute Gasteiger partial charge is 0.354 e. The lowest BCUT2D eigenvalue weighted by Crippen LogP contribution is -2.43. The third-order valence-electron chi connectivity index (χ3n) is 5.39. The van der Waals surface area contributed by atoms with Gasteiger partial charge in [-0.05, 0) is 24.1 Å². The van der Waals surface area contributed by atoms with Crippen LogP contribution in [0.5, 0.6) is 0 Å². The third kappa shape index (κ3) is 4.41. The van der Waals surface area contributed by atoms with Gasteiger partial charge in [0.05, 0.1) is 5.69 Å². The SMILES string of the molecule is Cc1nc(Nc2cc(-c3ccc(-c4ccccc4)cc3)nc(N3CCNCC3)c2)n[nH]1. The van der Waals surface area contributed by atoms with E-state index >= 15 is 0 Å². The van der Waals surface area contributed by atoms with Crippen LogP contribution in [-0.2, 0) is 0 Å². The van der Waals surface area contributed by atoms with E-state index in [4.69, 9.17) is 4.98 Å². The molecule has 0 atom stereocenters. The quantitative estimate of drug-likeness (QED) is 0.461. The van der Waals surface area contributed by atoms with Crippen molar-refractivity contribution in [3.05, 3.63) is 72.6 Å². The van der Waals surface area contributed by atoms with Crippen LogP contribution in [-0.4, -0.2) is 46.3 Å². The van der Waals surface area contributed by atoms with Crippen molar-refractivity contribution in [3.63, 3.8) is 0 Å². The molecule has 2 aromatic carbocycles. The number of aromatic nitrogens is 4. The number of H-pyrrole nitrogens is 1. The molecule has 2 aromatic heterocycles. The fraction of sp³-hybridized carbons (Fsp3) is 0.208. The minimum absolute atomic E-state index is 0.556. The Morgan fingerprint density at radius 2 is 1.55 bits per heavy atom. The molecule has 1 aliphatic heterocycles. The molecule has 0 spiro atoms. The summed E-state index contributed by atoms with van der Waals surface area (Å²) in [6.45, 7) is 5.67. The number of aromatic amines is 1. The topological polar surface area (TPSA) is 81.8 Å². The van der Waals surface area contributed by atoms with Crippen molar-refractivity contribution in [2.24, 2.45) is 0 Å². The highest BCUT2D eigenvalue weighted by molar-refractivity contribution is 5.73. The second-order valence-electron chi connectivity index (χ2n) is 7.65. The van der Waals surface area contributed by atoms with Gasteiger partial charge in [-0.2, -0.15) is 4.98 Å². The molecule has 0 saturated carbocycles. The van der Waals surface area contributed by atoms with Crippen molar-refractivity contribution >= 4 is 17.5 Å². The minimum atomic E-state index is 0.556. The van der Waals surface area contributed by atoms with E-state index in [-0.39, 0.29) is 0 Å². The Morgan fingerprint density at radius 1 is 0.839 bits per heavy atom. The Morgan fingerprint density at radius 3 is 2.26 bits per heavy atom. The number of nitrogens with one attached hydrogen (secondary N) is 3. The first-order chi connectivity index (χ1) is 15.2. The third-order valence-corrected chi connectivity index (χ3v) is 5.39. The van der Waals surface area contributed by atoms with Gasteiger partial charge in [-0.3, -0.25) is 5.10 Å². The summed E-state index contributed by atoms with van der Waals surface area (Å²) in [7, 11) is 0. The Hall–Kier alpha value is -3.71. The van der Waals surface area contributed by atoms with Crippen molar-refractivity contribution in [1.29, 1.82) is 0 Å². The van der Waals surface area contributed by atoms with Gasteiger partial charge in [0.2, 0.25) is 5.95 Å². The van der Waals surface area contributed by atoms with Crippen LogP contribution in [0, 0.1) is 6.92 Å². The summed E-state index contributed by atoms with van der Waals surface area (Å²) in [5, 5.41) is 13.8. The van der Waals surface area contributed by atoms with E-state index in [1.165, 1.54) is 11.1 Å². The first-order valence-corrected chi connectivity index (χ1v) is 10.5. The molecule has 5 rings (SSSR count). The van der Waals surface area contributed by atoms with Gasteiger partial charge in [-0.1, -0.05) is 54.6 Å². The van der Waals surface area contributed by atoms with E-state index in [2.05, 4.69) is 91.4 Å².